The number of aromatic nitrogens is 1. The lowest BCUT2D eigenvalue weighted by atomic mass is 10.0. The van der Waals surface area contributed by atoms with Gasteiger partial charge in [0.25, 0.3) is 0 Å². The van der Waals surface area contributed by atoms with Crippen LogP contribution >= 0.6 is 0 Å². The molecule has 0 aliphatic rings. The van der Waals surface area contributed by atoms with Crippen LogP contribution < -0.4 is 14.2 Å². The molecule has 148 valence electrons. The molecule has 0 unspecified atom stereocenters. The number of aliphatic imine (C=N–C) groups is 1. The number of halogens is 2. The van der Waals surface area contributed by atoms with Crippen LogP contribution in [-0.4, -0.2) is 38.1 Å². The number of ether oxygens (including phenoxy) is 1. The fraction of sp³-hybridized carbons (Fsp3) is 0.250. The fourth-order valence-corrected chi connectivity index (χ4v) is 2.78. The summed E-state index contributed by atoms with van der Waals surface area (Å²) in [7, 11) is 3.82. The van der Waals surface area contributed by atoms with Gasteiger partial charge in [0, 0.05) is 37.5 Å². The first kappa shape index (κ1) is 21.4. The molecule has 0 fully saturated rings. The summed E-state index contributed by atoms with van der Waals surface area (Å²) in [4.78, 5) is 19.3. The van der Waals surface area contributed by atoms with Crippen LogP contribution in [0.5, 0.6) is 5.75 Å². The average molecular weight is 405 g/mol. The van der Waals surface area contributed by atoms with E-state index >= 15 is 0 Å². The smallest absolute Gasteiger partial charge is 0.387 e. The first-order chi connectivity index (χ1) is 13.3. The van der Waals surface area contributed by atoms with Gasteiger partial charge in [-0.05, 0) is 29.3 Å². The van der Waals surface area contributed by atoms with Gasteiger partial charge in [-0.25, -0.2) is 0 Å². The largest absolute Gasteiger partial charge is 0.758 e. The van der Waals surface area contributed by atoms with Crippen molar-refractivity contribution in [2.75, 3.05) is 25.5 Å². The van der Waals surface area contributed by atoms with Gasteiger partial charge >= 0.3 is 6.61 Å². The third kappa shape index (κ3) is 5.56. The highest BCUT2D eigenvalue weighted by Gasteiger charge is 2.28. The van der Waals surface area contributed by atoms with E-state index in [0.717, 1.165) is 5.69 Å². The number of ketones is 1. The van der Waals surface area contributed by atoms with Gasteiger partial charge in [-0.3, -0.25) is 4.79 Å². The van der Waals surface area contributed by atoms with Crippen molar-refractivity contribution in [2.24, 2.45) is 4.99 Å². The molecule has 1 heterocycles. The van der Waals surface area contributed by atoms with Gasteiger partial charge in [0.05, 0.1) is 6.54 Å². The second kappa shape index (κ2) is 9.89. The molecule has 0 bridgehead atoms. The Morgan fingerprint density at radius 1 is 1.25 bits per heavy atom. The molecular formula is C20H21F2N3O2S. The molecule has 0 saturated carbocycles. The molecule has 0 aliphatic carbocycles. The minimum Gasteiger partial charge on any atom is -0.758 e. The number of carbonyl (C=O) groups is 1. The van der Waals surface area contributed by atoms with E-state index in [4.69, 9.17) is 12.6 Å². The molecule has 1 aromatic carbocycles. The molecule has 28 heavy (non-hydrogen) atoms. The van der Waals surface area contributed by atoms with Crippen molar-refractivity contribution in [3.05, 3.63) is 67.0 Å². The minimum absolute atomic E-state index is 0.0231. The Labute approximate surface area is 168 Å². The Morgan fingerprint density at radius 3 is 2.36 bits per heavy atom. The molecule has 0 saturated heterocycles. The molecule has 2 rings (SSSR count). The van der Waals surface area contributed by atoms with E-state index in [9.17, 15) is 13.6 Å². The lowest BCUT2D eigenvalue weighted by Gasteiger charge is -2.19. The molecule has 0 aliphatic heterocycles. The second-order valence-corrected chi connectivity index (χ2v) is 6.45. The zero-order valence-corrected chi connectivity index (χ0v) is 16.4. The highest BCUT2D eigenvalue weighted by molar-refractivity contribution is 7.77. The Hall–Kier alpha value is -2.87. The van der Waals surface area contributed by atoms with Gasteiger partial charge in [-0.15, -0.1) is 6.58 Å². The molecule has 2 aromatic rings. The molecule has 0 N–H and O–H groups in total. The summed E-state index contributed by atoms with van der Waals surface area (Å²) in [6.07, 6.45) is 5.09. The van der Waals surface area contributed by atoms with E-state index in [-0.39, 0.29) is 16.6 Å². The number of carbonyl (C=O) groups excluding carboxylic acids is 1. The summed E-state index contributed by atoms with van der Waals surface area (Å²) < 4.78 is 30.6. The van der Waals surface area contributed by atoms with Crippen molar-refractivity contribution in [1.29, 1.82) is 0 Å². The van der Waals surface area contributed by atoms with Crippen molar-refractivity contribution < 1.29 is 22.9 Å². The van der Waals surface area contributed by atoms with E-state index in [0.29, 0.717) is 12.1 Å². The van der Waals surface area contributed by atoms with Crippen molar-refractivity contribution in [3.63, 3.8) is 0 Å². The molecular weight excluding hydrogens is 384 g/mol. The highest BCUT2D eigenvalue weighted by Crippen LogP contribution is 2.18. The van der Waals surface area contributed by atoms with Crippen LogP contribution in [0.15, 0.2) is 66.4 Å². The minimum atomic E-state index is -2.93. The van der Waals surface area contributed by atoms with Crippen LogP contribution in [0.25, 0.3) is 0 Å². The summed E-state index contributed by atoms with van der Waals surface area (Å²) in [5.74, 6) is -0.325. The van der Waals surface area contributed by atoms with Gasteiger partial charge in [-0.1, -0.05) is 6.08 Å². The third-order valence-electron chi connectivity index (χ3n) is 3.87. The number of rotatable bonds is 9. The summed E-state index contributed by atoms with van der Waals surface area (Å²) in [5, 5.41) is 0.209. The Balaban J connectivity index is 2.37. The maximum Gasteiger partial charge on any atom is 0.387 e. The first-order valence-corrected chi connectivity index (χ1v) is 8.83. The van der Waals surface area contributed by atoms with Crippen molar-refractivity contribution in [1.82, 2.24) is 0 Å². The zero-order chi connectivity index (χ0) is 20.7. The lowest BCUT2D eigenvalue weighted by molar-refractivity contribution is -0.691. The van der Waals surface area contributed by atoms with Crippen LogP contribution in [-0.2, 0) is 12.6 Å². The number of alkyl halides is 2. The first-order valence-electron chi connectivity index (χ1n) is 8.43. The van der Waals surface area contributed by atoms with E-state index in [1.54, 1.807) is 23.0 Å². The second-order valence-electron chi connectivity index (χ2n) is 6.04. The summed E-state index contributed by atoms with van der Waals surface area (Å²) in [6, 6.07) is 8.37. The summed E-state index contributed by atoms with van der Waals surface area (Å²) in [5.41, 5.74) is 1.27. The maximum absolute atomic E-state index is 13.1. The van der Waals surface area contributed by atoms with Crippen LogP contribution in [0, 0.1) is 0 Å². The van der Waals surface area contributed by atoms with Crippen LogP contribution in [0.1, 0.15) is 16.4 Å². The number of anilines is 1. The van der Waals surface area contributed by atoms with Gasteiger partial charge in [0.2, 0.25) is 11.8 Å². The van der Waals surface area contributed by atoms with Crippen LogP contribution in [0.3, 0.4) is 0 Å². The van der Waals surface area contributed by atoms with Gasteiger partial charge in [0.1, 0.15) is 5.75 Å². The van der Waals surface area contributed by atoms with Crippen LogP contribution in [0.2, 0.25) is 0 Å². The van der Waals surface area contributed by atoms with Crippen molar-refractivity contribution in [3.8, 4) is 5.75 Å². The molecule has 0 amide bonds. The number of hydrogen-bond donors (Lipinski definition) is 0. The SMILES string of the molecule is C=CCN=C([S-])[C@@H](C(=O)c1ccc(OC(F)F)cc1)[n+]1ccc(N(C)C)cc1. The van der Waals surface area contributed by atoms with Crippen molar-refractivity contribution >= 4 is 29.1 Å². The highest BCUT2D eigenvalue weighted by atomic mass is 32.1. The van der Waals surface area contributed by atoms with Crippen LogP contribution in [0.4, 0.5) is 14.5 Å². The molecule has 5 nitrogen and oxygen atoms in total. The standard InChI is InChI=1S/C20H21F2N3O2S/c1-4-11-23-19(28)17(25-12-9-15(10-13-25)24(2)3)18(26)14-5-7-16(8-6-14)27-20(21)22/h4-10,12-13,17,20H,1,11H2,2-3H3/t17-/m1/s1. The fourth-order valence-electron chi connectivity index (χ4n) is 2.47. The normalized spacial score (nSPS) is 12.5. The topological polar surface area (TPSA) is 45.8 Å². The van der Waals surface area contributed by atoms with E-state index in [2.05, 4.69) is 16.3 Å². The molecule has 0 radical (unpaired) electrons. The average Bonchev–Trinajstić information content (AvgIpc) is 2.67. The quantitative estimate of drug-likeness (QED) is 0.161. The van der Waals surface area contributed by atoms with E-state index in [1.807, 2.05) is 31.1 Å². The number of Topliss-reactive ketones (excluding diaryl/α,β-unsaturated/α-hetero) is 1. The number of nitrogens with zero attached hydrogens (tertiary/aromatic N) is 3. The third-order valence-corrected chi connectivity index (χ3v) is 4.22. The molecule has 1 aromatic heterocycles. The molecule has 8 heteroatoms. The molecule has 1 atom stereocenters. The number of benzene rings is 1. The van der Waals surface area contributed by atoms with Crippen molar-refractivity contribution in [2.45, 2.75) is 12.7 Å². The Kier molecular flexibility index (Phi) is 7.57. The zero-order valence-electron chi connectivity index (χ0n) is 15.6. The number of pyridine rings is 1. The predicted molar refractivity (Wildman–Crippen MR) is 107 cm³/mol. The summed E-state index contributed by atoms with van der Waals surface area (Å²) >= 11 is 5.38. The van der Waals surface area contributed by atoms with E-state index in [1.165, 1.54) is 24.3 Å². The lowest BCUT2D eigenvalue weighted by Crippen LogP contribution is -2.47. The number of hydrogen-bond acceptors (Lipinski definition) is 5. The Morgan fingerprint density at radius 2 is 1.86 bits per heavy atom. The van der Waals surface area contributed by atoms with Gasteiger partial charge < -0.3 is 27.3 Å². The molecule has 0 spiro atoms. The summed E-state index contributed by atoms with van der Waals surface area (Å²) in [6.45, 7) is 0.972. The van der Waals surface area contributed by atoms with E-state index < -0.39 is 12.7 Å². The maximum atomic E-state index is 13.1. The monoisotopic (exact) mass is 405 g/mol. The van der Waals surface area contributed by atoms with Gasteiger partial charge in [-0.2, -0.15) is 13.3 Å². The Bertz CT molecular complexity index is 838. The van der Waals surface area contributed by atoms with Gasteiger partial charge in [0.15, 0.2) is 12.4 Å². The predicted octanol–water partition coefficient (Wildman–Crippen LogP) is 3.20.